The Balaban J connectivity index is 0.00000108. The van der Waals surface area contributed by atoms with Crippen LogP contribution in [0.4, 0.5) is 0 Å². The molecular formula is C12H14ClIN2O. The monoisotopic (exact) mass is 364 g/mol. The first kappa shape index (κ1) is 13.1. The van der Waals surface area contributed by atoms with Gasteiger partial charge in [-0.25, -0.2) is 0 Å². The van der Waals surface area contributed by atoms with Crippen molar-refractivity contribution in [2.24, 2.45) is 11.8 Å². The van der Waals surface area contributed by atoms with Crippen LogP contribution in [0, 0.1) is 15.4 Å². The highest BCUT2D eigenvalue weighted by Gasteiger charge is 2.53. The van der Waals surface area contributed by atoms with Gasteiger partial charge in [0, 0.05) is 22.7 Å². The van der Waals surface area contributed by atoms with Gasteiger partial charge < -0.3 is 10.6 Å². The molecule has 2 atom stereocenters. The smallest absolute Gasteiger partial charge is 0.252 e. The van der Waals surface area contributed by atoms with Crippen LogP contribution in [0.25, 0.3) is 0 Å². The largest absolute Gasteiger partial charge is 0.349 e. The number of hydrogen-bond donors (Lipinski definition) is 2. The molecule has 3 nitrogen and oxygen atoms in total. The summed E-state index contributed by atoms with van der Waals surface area (Å²) in [6, 6.07) is 8.11. The molecule has 0 aromatic heterocycles. The fourth-order valence-corrected chi connectivity index (χ4v) is 3.14. The number of piperidine rings is 1. The predicted octanol–water partition coefficient (Wildman–Crippen LogP) is 1.66. The molecule has 17 heavy (non-hydrogen) atoms. The van der Waals surface area contributed by atoms with Crippen molar-refractivity contribution >= 4 is 40.9 Å². The first-order valence-corrected chi connectivity index (χ1v) is 6.61. The number of carbonyl (C=O) groups excluding carboxylic acids is 1. The maximum Gasteiger partial charge on any atom is 0.252 e. The molecule has 2 N–H and O–H groups in total. The van der Waals surface area contributed by atoms with Gasteiger partial charge in [0.25, 0.3) is 5.91 Å². The SMILES string of the molecule is Cl.O=C(NC1C2CNCC21)c1ccccc1I. The van der Waals surface area contributed by atoms with Crippen LogP contribution in [0.15, 0.2) is 24.3 Å². The lowest BCUT2D eigenvalue weighted by molar-refractivity contribution is 0.0945. The minimum atomic E-state index is 0. The van der Waals surface area contributed by atoms with E-state index in [1.165, 1.54) is 0 Å². The van der Waals surface area contributed by atoms with Crippen molar-refractivity contribution in [3.05, 3.63) is 33.4 Å². The van der Waals surface area contributed by atoms with Crippen LogP contribution in [0.3, 0.4) is 0 Å². The molecule has 1 amide bonds. The minimum absolute atomic E-state index is 0. The van der Waals surface area contributed by atoms with Crippen molar-refractivity contribution in [1.82, 2.24) is 10.6 Å². The molecule has 0 spiro atoms. The molecule has 92 valence electrons. The van der Waals surface area contributed by atoms with E-state index in [-0.39, 0.29) is 18.3 Å². The Morgan fingerprint density at radius 2 is 1.94 bits per heavy atom. The summed E-state index contributed by atoms with van der Waals surface area (Å²) >= 11 is 2.20. The molecule has 1 aromatic carbocycles. The Hall–Kier alpha value is -0.330. The summed E-state index contributed by atoms with van der Waals surface area (Å²) in [6.45, 7) is 2.11. The molecule has 2 unspecified atom stereocenters. The average Bonchev–Trinajstić information content (AvgIpc) is 2.75. The number of benzene rings is 1. The molecule has 1 aliphatic carbocycles. The van der Waals surface area contributed by atoms with Crippen LogP contribution in [0.5, 0.6) is 0 Å². The molecule has 0 radical (unpaired) electrons. The van der Waals surface area contributed by atoms with E-state index in [1.807, 2.05) is 24.3 Å². The lowest BCUT2D eigenvalue weighted by Gasteiger charge is -2.08. The summed E-state index contributed by atoms with van der Waals surface area (Å²) in [6.07, 6.45) is 0. The van der Waals surface area contributed by atoms with E-state index < -0.39 is 0 Å². The number of rotatable bonds is 2. The molecule has 2 fully saturated rings. The summed E-state index contributed by atoms with van der Waals surface area (Å²) in [7, 11) is 0. The van der Waals surface area contributed by atoms with E-state index >= 15 is 0 Å². The summed E-state index contributed by atoms with van der Waals surface area (Å²) < 4.78 is 1.02. The quantitative estimate of drug-likeness (QED) is 0.784. The van der Waals surface area contributed by atoms with Gasteiger partial charge in [0.2, 0.25) is 0 Å². The lowest BCUT2D eigenvalue weighted by Crippen LogP contribution is -2.32. The second kappa shape index (κ2) is 5.12. The fourth-order valence-electron chi connectivity index (χ4n) is 2.51. The highest BCUT2D eigenvalue weighted by Crippen LogP contribution is 2.41. The summed E-state index contributed by atoms with van der Waals surface area (Å²) in [4.78, 5) is 12.0. The van der Waals surface area contributed by atoms with Gasteiger partial charge in [0.05, 0.1) is 5.56 Å². The van der Waals surface area contributed by atoms with E-state index in [2.05, 4.69) is 33.2 Å². The van der Waals surface area contributed by atoms with Gasteiger partial charge in [-0.05, 0) is 46.6 Å². The molecule has 1 aliphatic heterocycles. The molecule has 1 aromatic rings. The zero-order chi connectivity index (χ0) is 11.1. The second-order valence-corrected chi connectivity index (χ2v) is 5.63. The molecule has 0 bridgehead atoms. The van der Waals surface area contributed by atoms with Gasteiger partial charge >= 0.3 is 0 Å². The standard InChI is InChI=1S/C12H13IN2O.ClH/c13-10-4-2-1-3-7(10)12(16)15-11-8-5-14-6-9(8)11;/h1-4,8-9,11,14H,5-6H2,(H,15,16);1H. The number of amides is 1. The number of carbonyl (C=O) groups is 1. The minimum Gasteiger partial charge on any atom is -0.349 e. The highest BCUT2D eigenvalue weighted by molar-refractivity contribution is 14.1. The Bertz CT molecular complexity index is 430. The van der Waals surface area contributed by atoms with Crippen molar-refractivity contribution in [3.63, 3.8) is 0 Å². The summed E-state index contributed by atoms with van der Waals surface area (Å²) in [5, 5.41) is 6.45. The Morgan fingerprint density at radius 3 is 2.59 bits per heavy atom. The van der Waals surface area contributed by atoms with Crippen LogP contribution in [-0.4, -0.2) is 25.0 Å². The molecule has 1 heterocycles. The third kappa shape index (κ3) is 2.44. The van der Waals surface area contributed by atoms with E-state index in [0.717, 1.165) is 22.2 Å². The highest BCUT2D eigenvalue weighted by atomic mass is 127. The third-order valence-electron chi connectivity index (χ3n) is 3.51. The Kier molecular flexibility index (Phi) is 3.95. The number of halogens is 2. The fraction of sp³-hybridized carbons (Fsp3) is 0.417. The van der Waals surface area contributed by atoms with Gasteiger partial charge in [0.15, 0.2) is 0 Å². The third-order valence-corrected chi connectivity index (χ3v) is 4.45. The van der Waals surface area contributed by atoms with E-state index in [0.29, 0.717) is 17.9 Å². The molecule has 5 heteroatoms. The van der Waals surface area contributed by atoms with E-state index in [9.17, 15) is 4.79 Å². The maximum atomic E-state index is 12.0. The lowest BCUT2D eigenvalue weighted by atomic mass is 10.2. The molecule has 3 rings (SSSR count). The molecule has 2 aliphatic rings. The average molecular weight is 365 g/mol. The second-order valence-electron chi connectivity index (χ2n) is 4.47. The predicted molar refractivity (Wildman–Crippen MR) is 77.5 cm³/mol. The first-order chi connectivity index (χ1) is 7.77. The van der Waals surface area contributed by atoms with Gasteiger partial charge in [-0.1, -0.05) is 12.1 Å². The number of fused-ring (bicyclic) bond motifs is 1. The molecular weight excluding hydrogens is 351 g/mol. The van der Waals surface area contributed by atoms with Crippen LogP contribution in [-0.2, 0) is 0 Å². The van der Waals surface area contributed by atoms with Crippen molar-refractivity contribution in [3.8, 4) is 0 Å². The maximum absolute atomic E-state index is 12.0. The number of hydrogen-bond acceptors (Lipinski definition) is 2. The summed E-state index contributed by atoms with van der Waals surface area (Å²) in [5.74, 6) is 1.42. The zero-order valence-electron chi connectivity index (χ0n) is 9.15. The Morgan fingerprint density at radius 1 is 1.29 bits per heavy atom. The first-order valence-electron chi connectivity index (χ1n) is 5.53. The molecule has 1 saturated heterocycles. The normalized spacial score (nSPS) is 29.1. The van der Waals surface area contributed by atoms with Gasteiger partial charge in [-0.3, -0.25) is 4.79 Å². The van der Waals surface area contributed by atoms with E-state index in [1.54, 1.807) is 0 Å². The van der Waals surface area contributed by atoms with Gasteiger partial charge in [0.1, 0.15) is 0 Å². The van der Waals surface area contributed by atoms with Crippen LogP contribution in [0.2, 0.25) is 0 Å². The van der Waals surface area contributed by atoms with Crippen molar-refractivity contribution in [2.45, 2.75) is 6.04 Å². The van der Waals surface area contributed by atoms with Crippen LogP contribution < -0.4 is 10.6 Å². The zero-order valence-corrected chi connectivity index (χ0v) is 12.1. The van der Waals surface area contributed by atoms with Crippen LogP contribution >= 0.6 is 35.0 Å². The summed E-state index contributed by atoms with van der Waals surface area (Å²) in [5.41, 5.74) is 0.793. The van der Waals surface area contributed by atoms with Crippen molar-refractivity contribution in [2.75, 3.05) is 13.1 Å². The van der Waals surface area contributed by atoms with E-state index in [4.69, 9.17) is 0 Å². The van der Waals surface area contributed by atoms with Crippen molar-refractivity contribution in [1.29, 1.82) is 0 Å². The number of nitrogens with one attached hydrogen (secondary N) is 2. The van der Waals surface area contributed by atoms with Gasteiger partial charge in [-0.15, -0.1) is 12.4 Å². The van der Waals surface area contributed by atoms with Crippen LogP contribution in [0.1, 0.15) is 10.4 Å². The molecule has 1 saturated carbocycles. The van der Waals surface area contributed by atoms with Crippen molar-refractivity contribution < 1.29 is 4.79 Å². The topological polar surface area (TPSA) is 41.1 Å². The van der Waals surface area contributed by atoms with Gasteiger partial charge in [-0.2, -0.15) is 0 Å². The Labute approximate surface area is 120 Å².